The highest BCUT2D eigenvalue weighted by molar-refractivity contribution is 6.17. The minimum Gasteiger partial charge on any atom is -0.493 e. The van der Waals surface area contributed by atoms with Crippen molar-refractivity contribution >= 4 is 17.4 Å². The van der Waals surface area contributed by atoms with Gasteiger partial charge >= 0.3 is 0 Å². The Morgan fingerprint density at radius 1 is 1.64 bits per heavy atom. The van der Waals surface area contributed by atoms with Crippen molar-refractivity contribution in [1.29, 1.82) is 0 Å². The highest BCUT2D eigenvalue weighted by Gasteiger charge is 2.06. The van der Waals surface area contributed by atoms with Gasteiger partial charge in [-0.05, 0) is 25.5 Å². The molecule has 0 aliphatic rings. The number of alkyl halides is 1. The van der Waals surface area contributed by atoms with Gasteiger partial charge in [-0.1, -0.05) is 0 Å². The highest BCUT2D eigenvalue weighted by Crippen LogP contribution is 2.21. The van der Waals surface area contributed by atoms with Crippen molar-refractivity contribution in [1.82, 2.24) is 4.98 Å². The number of anilines is 1. The lowest BCUT2D eigenvalue weighted by Crippen LogP contribution is -2.16. The molecule has 1 aromatic heterocycles. The normalized spacial score (nSPS) is 12.2. The van der Waals surface area contributed by atoms with Crippen LogP contribution in [0.2, 0.25) is 0 Å². The first-order valence-electron chi connectivity index (χ1n) is 4.59. The van der Waals surface area contributed by atoms with Crippen LogP contribution in [-0.4, -0.2) is 24.0 Å². The Hall–Kier alpha value is -0.960. The van der Waals surface area contributed by atoms with E-state index >= 15 is 0 Å². The molecule has 3 nitrogen and oxygen atoms in total. The summed E-state index contributed by atoms with van der Waals surface area (Å²) < 4.78 is 5.17. The van der Waals surface area contributed by atoms with E-state index in [0.717, 1.165) is 18.0 Å². The molecule has 1 N–H and O–H groups in total. The fourth-order valence-electron chi connectivity index (χ4n) is 1.13. The topological polar surface area (TPSA) is 34.1 Å². The van der Waals surface area contributed by atoms with E-state index in [1.165, 1.54) is 0 Å². The van der Waals surface area contributed by atoms with Gasteiger partial charge in [0.15, 0.2) is 11.6 Å². The Bertz CT molecular complexity index is 281. The third kappa shape index (κ3) is 3.07. The summed E-state index contributed by atoms with van der Waals surface area (Å²) in [6, 6.07) is 4.02. The lowest BCUT2D eigenvalue weighted by atomic mass is 10.2. The maximum Gasteiger partial charge on any atom is 0.168 e. The number of hydrogen-bond donors (Lipinski definition) is 1. The molecule has 0 fully saturated rings. The van der Waals surface area contributed by atoms with Crippen molar-refractivity contribution in [3.05, 3.63) is 18.3 Å². The molecule has 0 bridgehead atoms. The Kier molecular flexibility index (Phi) is 4.53. The number of nitrogens with zero attached hydrogens (tertiary/aromatic N) is 1. The summed E-state index contributed by atoms with van der Waals surface area (Å²) in [5.74, 6) is 2.17. The third-order valence-electron chi connectivity index (χ3n) is 1.92. The molecule has 0 aliphatic heterocycles. The average molecular weight is 215 g/mol. The zero-order valence-corrected chi connectivity index (χ0v) is 9.21. The Balaban J connectivity index is 2.65. The minimum absolute atomic E-state index is 0.302. The lowest BCUT2D eigenvalue weighted by Gasteiger charge is -2.14. The zero-order chi connectivity index (χ0) is 10.4. The zero-order valence-electron chi connectivity index (χ0n) is 8.46. The van der Waals surface area contributed by atoms with E-state index in [-0.39, 0.29) is 0 Å². The molecule has 1 aromatic rings. The van der Waals surface area contributed by atoms with Crippen LogP contribution in [0.4, 0.5) is 5.82 Å². The van der Waals surface area contributed by atoms with E-state index in [9.17, 15) is 0 Å². The van der Waals surface area contributed by atoms with Crippen LogP contribution in [0.3, 0.4) is 0 Å². The predicted molar refractivity (Wildman–Crippen MR) is 59.2 cm³/mol. The first kappa shape index (κ1) is 11.1. The molecule has 0 amide bonds. The summed E-state index contributed by atoms with van der Waals surface area (Å²) in [5.41, 5.74) is 0. The number of hydrogen-bond acceptors (Lipinski definition) is 3. The number of nitrogens with one attached hydrogen (secondary N) is 1. The number of aromatic nitrogens is 1. The van der Waals surface area contributed by atoms with Gasteiger partial charge in [0.2, 0.25) is 0 Å². The second kappa shape index (κ2) is 5.70. The summed E-state index contributed by atoms with van der Waals surface area (Å²) in [6.07, 6.45) is 2.64. The average Bonchev–Trinajstić information content (AvgIpc) is 2.19. The number of ether oxygens (including phenoxy) is 1. The molecule has 0 spiro atoms. The van der Waals surface area contributed by atoms with Gasteiger partial charge in [0.05, 0.1) is 7.11 Å². The summed E-state index contributed by atoms with van der Waals surface area (Å²) in [5, 5.41) is 3.24. The number of rotatable bonds is 5. The smallest absolute Gasteiger partial charge is 0.168 e. The highest BCUT2D eigenvalue weighted by atomic mass is 35.5. The number of pyridine rings is 1. The summed E-state index contributed by atoms with van der Waals surface area (Å²) in [4.78, 5) is 4.19. The molecule has 0 saturated heterocycles. The van der Waals surface area contributed by atoms with E-state index in [2.05, 4.69) is 17.2 Å². The molecule has 78 valence electrons. The molecule has 1 rings (SSSR count). The van der Waals surface area contributed by atoms with Crippen LogP contribution in [0.25, 0.3) is 0 Å². The van der Waals surface area contributed by atoms with Crippen molar-refractivity contribution in [2.45, 2.75) is 19.4 Å². The molecular weight excluding hydrogens is 200 g/mol. The van der Waals surface area contributed by atoms with Gasteiger partial charge in [0.1, 0.15) is 0 Å². The monoisotopic (exact) mass is 214 g/mol. The molecule has 14 heavy (non-hydrogen) atoms. The molecule has 1 unspecified atom stereocenters. The van der Waals surface area contributed by atoms with Gasteiger partial charge in [0, 0.05) is 18.1 Å². The second-order valence-electron chi connectivity index (χ2n) is 3.08. The molecule has 0 radical (unpaired) electrons. The number of methoxy groups -OCH3 is 1. The Morgan fingerprint density at radius 3 is 3.07 bits per heavy atom. The van der Waals surface area contributed by atoms with Gasteiger partial charge in [-0.2, -0.15) is 0 Å². The quantitative estimate of drug-likeness (QED) is 0.765. The van der Waals surface area contributed by atoms with E-state index in [1.54, 1.807) is 13.3 Å². The van der Waals surface area contributed by atoms with Crippen LogP contribution < -0.4 is 10.1 Å². The van der Waals surface area contributed by atoms with Gasteiger partial charge in [-0.25, -0.2) is 4.98 Å². The summed E-state index contributed by atoms with van der Waals surface area (Å²) in [6.45, 7) is 2.07. The fourth-order valence-corrected chi connectivity index (χ4v) is 1.46. The molecular formula is C10H15ClN2O. The van der Waals surface area contributed by atoms with E-state index < -0.39 is 0 Å². The van der Waals surface area contributed by atoms with Crippen molar-refractivity contribution in [3.63, 3.8) is 0 Å². The van der Waals surface area contributed by atoms with Crippen molar-refractivity contribution in [2.75, 3.05) is 18.3 Å². The molecule has 4 heteroatoms. The Morgan fingerprint density at radius 2 is 2.43 bits per heavy atom. The molecule has 0 aliphatic carbocycles. The molecule has 1 heterocycles. The fraction of sp³-hybridized carbons (Fsp3) is 0.500. The summed E-state index contributed by atoms with van der Waals surface area (Å²) >= 11 is 5.64. The minimum atomic E-state index is 0.302. The third-order valence-corrected chi connectivity index (χ3v) is 2.13. The van der Waals surface area contributed by atoms with Gasteiger partial charge in [-0.3, -0.25) is 0 Å². The number of halogens is 1. The summed E-state index contributed by atoms with van der Waals surface area (Å²) in [7, 11) is 1.63. The first-order valence-corrected chi connectivity index (χ1v) is 5.13. The van der Waals surface area contributed by atoms with Gasteiger partial charge < -0.3 is 10.1 Å². The SMILES string of the molecule is COc1cccnc1NC(C)CCCl. The Labute approximate surface area is 89.4 Å². The van der Waals surface area contributed by atoms with Crippen LogP contribution in [0.15, 0.2) is 18.3 Å². The maximum absolute atomic E-state index is 5.64. The van der Waals surface area contributed by atoms with Crippen molar-refractivity contribution < 1.29 is 4.74 Å². The van der Waals surface area contributed by atoms with Crippen LogP contribution >= 0.6 is 11.6 Å². The largest absolute Gasteiger partial charge is 0.493 e. The van der Waals surface area contributed by atoms with Crippen LogP contribution in [0.5, 0.6) is 5.75 Å². The molecule has 0 aromatic carbocycles. The molecule has 0 saturated carbocycles. The van der Waals surface area contributed by atoms with E-state index in [1.807, 2.05) is 12.1 Å². The predicted octanol–water partition coefficient (Wildman–Crippen LogP) is 2.52. The van der Waals surface area contributed by atoms with Gasteiger partial charge in [0.25, 0.3) is 0 Å². The second-order valence-corrected chi connectivity index (χ2v) is 3.46. The van der Waals surface area contributed by atoms with Crippen LogP contribution in [-0.2, 0) is 0 Å². The van der Waals surface area contributed by atoms with Crippen LogP contribution in [0, 0.1) is 0 Å². The maximum atomic E-state index is 5.64. The first-order chi connectivity index (χ1) is 6.77. The lowest BCUT2D eigenvalue weighted by molar-refractivity contribution is 0.414. The van der Waals surface area contributed by atoms with E-state index in [4.69, 9.17) is 16.3 Å². The van der Waals surface area contributed by atoms with Crippen molar-refractivity contribution in [2.24, 2.45) is 0 Å². The van der Waals surface area contributed by atoms with Crippen LogP contribution in [0.1, 0.15) is 13.3 Å². The van der Waals surface area contributed by atoms with Crippen molar-refractivity contribution in [3.8, 4) is 5.75 Å². The standard InChI is InChI=1S/C10H15ClN2O/c1-8(5-6-11)13-10-9(14-2)4-3-7-12-10/h3-4,7-8H,5-6H2,1-2H3,(H,12,13). The van der Waals surface area contributed by atoms with Gasteiger partial charge in [-0.15, -0.1) is 11.6 Å². The molecule has 1 atom stereocenters. The van der Waals surface area contributed by atoms with E-state index in [0.29, 0.717) is 11.9 Å².